The average Bonchev–Trinajstić information content (AvgIpc) is 3.23. The van der Waals surface area contributed by atoms with E-state index in [9.17, 15) is 0 Å². The van der Waals surface area contributed by atoms with Gasteiger partial charge in [-0.15, -0.1) is 0 Å². The number of fused-ring (bicyclic) bond motifs is 1. The zero-order valence-corrected chi connectivity index (χ0v) is 22.0. The fourth-order valence-electron chi connectivity index (χ4n) is 4.04. The lowest BCUT2D eigenvalue weighted by Crippen LogP contribution is -2.39. The molecule has 4 N–H and O–H groups in total. The maximum Gasteiger partial charge on any atom is 0.229 e. The van der Waals surface area contributed by atoms with Crippen molar-refractivity contribution < 1.29 is 4.74 Å². The van der Waals surface area contributed by atoms with E-state index in [4.69, 9.17) is 21.9 Å². The molecule has 0 fully saturated rings. The van der Waals surface area contributed by atoms with Crippen molar-refractivity contribution in [2.24, 2.45) is 4.99 Å². The number of nitrogens with one attached hydrogen (secondary N) is 4. The molecule has 0 aliphatic carbocycles. The van der Waals surface area contributed by atoms with Gasteiger partial charge in [-0.25, -0.2) is 9.97 Å². The molecule has 0 saturated heterocycles. The maximum atomic E-state index is 5.62. The van der Waals surface area contributed by atoms with Crippen LogP contribution in [0.2, 0.25) is 0 Å². The first-order chi connectivity index (χ1) is 17.3. The predicted octanol–water partition coefficient (Wildman–Crippen LogP) is 5.20. The number of aliphatic imine (C=N–C) groups is 1. The summed E-state index contributed by atoms with van der Waals surface area (Å²) >= 11 is 5.62. The number of para-hydroxylation sites is 1. The van der Waals surface area contributed by atoms with E-state index in [0.717, 1.165) is 56.8 Å². The molecule has 0 radical (unpaired) electrons. The Morgan fingerprint density at radius 1 is 1.00 bits per heavy atom. The third-order valence-electron chi connectivity index (χ3n) is 5.79. The molecule has 36 heavy (non-hydrogen) atoms. The van der Waals surface area contributed by atoms with Gasteiger partial charge in [-0.2, -0.15) is 0 Å². The second-order valence-corrected chi connectivity index (χ2v) is 9.06. The molecule has 0 unspecified atom stereocenters. The molecule has 0 aliphatic rings. The summed E-state index contributed by atoms with van der Waals surface area (Å²) in [7, 11) is 1.67. The molecule has 2 aromatic heterocycles. The summed E-state index contributed by atoms with van der Waals surface area (Å²) in [5.41, 5.74) is 7.15. The molecule has 2 aromatic carbocycles. The maximum absolute atomic E-state index is 5.62. The third-order valence-corrected chi connectivity index (χ3v) is 5.99. The van der Waals surface area contributed by atoms with Crippen LogP contribution in [0.3, 0.4) is 0 Å². The van der Waals surface area contributed by atoms with Crippen molar-refractivity contribution in [3.05, 3.63) is 76.7 Å². The minimum Gasteiger partial charge on any atom is -0.497 e. The molecular weight excluding hydrogens is 470 g/mol. The number of thiocarbonyl (C=S) groups is 1. The number of guanidine groups is 1. The molecule has 0 bridgehead atoms. The molecule has 186 valence electrons. The van der Waals surface area contributed by atoms with Crippen LogP contribution in [-0.4, -0.2) is 39.7 Å². The Morgan fingerprint density at radius 3 is 2.42 bits per heavy atom. The van der Waals surface area contributed by atoms with E-state index >= 15 is 0 Å². The van der Waals surface area contributed by atoms with Gasteiger partial charge in [0.25, 0.3) is 0 Å². The second-order valence-electron chi connectivity index (χ2n) is 8.65. The first-order valence-corrected chi connectivity index (χ1v) is 12.1. The number of H-pyrrole nitrogens is 1. The highest BCUT2D eigenvalue weighted by atomic mass is 32.1. The highest BCUT2D eigenvalue weighted by Crippen LogP contribution is 2.24. The number of benzene rings is 2. The van der Waals surface area contributed by atoms with E-state index in [2.05, 4.69) is 30.9 Å². The van der Waals surface area contributed by atoms with Crippen molar-refractivity contribution in [2.75, 3.05) is 24.3 Å². The molecule has 0 saturated carbocycles. The summed E-state index contributed by atoms with van der Waals surface area (Å²) < 4.78 is 5.39. The SMILES string of the molecule is COc1ccc2[nH]cc(CCN=C(NC(=S)Nc3c(C)cccc3C)Nc3nc(C)cc(C)n3)c2c1. The topological polar surface area (TPSA) is 99.2 Å². The summed E-state index contributed by atoms with van der Waals surface area (Å²) in [5.74, 6) is 1.76. The van der Waals surface area contributed by atoms with Crippen LogP contribution >= 0.6 is 12.2 Å². The van der Waals surface area contributed by atoms with E-state index in [-0.39, 0.29) is 0 Å². The Morgan fingerprint density at radius 2 is 1.72 bits per heavy atom. The number of aryl methyl sites for hydroxylation is 4. The third kappa shape index (κ3) is 6.17. The number of methoxy groups -OCH3 is 1. The van der Waals surface area contributed by atoms with Crippen LogP contribution in [0.4, 0.5) is 11.6 Å². The lowest BCUT2D eigenvalue weighted by Gasteiger charge is -2.16. The normalized spacial score (nSPS) is 11.4. The van der Waals surface area contributed by atoms with Crippen LogP contribution in [-0.2, 0) is 6.42 Å². The van der Waals surface area contributed by atoms with Gasteiger partial charge in [0.05, 0.1) is 7.11 Å². The van der Waals surface area contributed by atoms with Crippen LogP contribution in [0.15, 0.2) is 53.7 Å². The zero-order chi connectivity index (χ0) is 25.7. The molecule has 0 spiro atoms. The first-order valence-electron chi connectivity index (χ1n) is 11.7. The van der Waals surface area contributed by atoms with Gasteiger partial charge in [0.15, 0.2) is 5.11 Å². The van der Waals surface area contributed by atoms with Gasteiger partial charge in [-0.05, 0) is 87.3 Å². The van der Waals surface area contributed by atoms with Crippen molar-refractivity contribution in [3.63, 3.8) is 0 Å². The standard InChI is InChI=1S/C27H31N7OS/c1-16-7-6-8-17(2)24(16)32-27(36)34-25(33-26-30-18(3)13-19(4)31-26)28-12-11-20-15-29-23-10-9-21(35-5)14-22(20)23/h6-10,13-15,29H,11-12H2,1-5H3,(H3,28,30,31,32,33,34,36). The van der Waals surface area contributed by atoms with Crippen molar-refractivity contribution in [3.8, 4) is 5.75 Å². The highest BCUT2D eigenvalue weighted by Gasteiger charge is 2.10. The monoisotopic (exact) mass is 501 g/mol. The zero-order valence-electron chi connectivity index (χ0n) is 21.2. The number of rotatable bonds is 6. The Balaban J connectivity index is 1.53. The minimum absolute atomic E-state index is 0.430. The summed E-state index contributed by atoms with van der Waals surface area (Å²) in [6.07, 6.45) is 2.74. The van der Waals surface area contributed by atoms with Crippen molar-refractivity contribution in [2.45, 2.75) is 34.1 Å². The van der Waals surface area contributed by atoms with Crippen molar-refractivity contribution in [1.82, 2.24) is 20.3 Å². The minimum atomic E-state index is 0.430. The largest absolute Gasteiger partial charge is 0.497 e. The molecule has 4 rings (SSSR count). The Kier molecular flexibility index (Phi) is 7.80. The molecular formula is C27H31N7OS. The van der Waals surface area contributed by atoms with E-state index < -0.39 is 0 Å². The van der Waals surface area contributed by atoms with Crippen molar-refractivity contribution >= 4 is 45.8 Å². The van der Waals surface area contributed by atoms with Crippen LogP contribution in [0.1, 0.15) is 28.1 Å². The average molecular weight is 502 g/mol. The van der Waals surface area contributed by atoms with E-state index in [1.54, 1.807) is 7.11 Å². The van der Waals surface area contributed by atoms with Crippen LogP contribution in [0, 0.1) is 27.7 Å². The first kappa shape index (κ1) is 25.1. The molecule has 0 amide bonds. The quantitative estimate of drug-likeness (QED) is 0.164. The fourth-order valence-corrected chi connectivity index (χ4v) is 4.24. The number of hydrogen-bond acceptors (Lipinski definition) is 5. The molecule has 9 heteroatoms. The number of ether oxygens (including phenoxy) is 1. The summed E-state index contributed by atoms with van der Waals surface area (Å²) in [4.78, 5) is 17.1. The fraction of sp³-hybridized carbons (Fsp3) is 0.259. The van der Waals surface area contributed by atoms with E-state index in [0.29, 0.717) is 23.6 Å². The summed E-state index contributed by atoms with van der Waals surface area (Å²) in [6.45, 7) is 8.48. The highest BCUT2D eigenvalue weighted by molar-refractivity contribution is 7.80. The lowest BCUT2D eigenvalue weighted by atomic mass is 10.1. The number of anilines is 2. The predicted molar refractivity (Wildman–Crippen MR) is 151 cm³/mol. The van der Waals surface area contributed by atoms with Gasteiger partial charge in [0.1, 0.15) is 5.75 Å². The van der Waals surface area contributed by atoms with Gasteiger partial charge in [0.2, 0.25) is 11.9 Å². The van der Waals surface area contributed by atoms with E-state index in [1.807, 2.05) is 76.4 Å². The van der Waals surface area contributed by atoms with E-state index in [1.165, 1.54) is 0 Å². The molecule has 8 nitrogen and oxygen atoms in total. The summed E-state index contributed by atoms with van der Waals surface area (Å²) in [6, 6.07) is 14.0. The van der Waals surface area contributed by atoms with Crippen LogP contribution < -0.4 is 20.7 Å². The summed E-state index contributed by atoms with van der Waals surface area (Å²) in [5, 5.41) is 11.2. The lowest BCUT2D eigenvalue weighted by molar-refractivity contribution is 0.415. The number of aromatic amines is 1. The van der Waals surface area contributed by atoms with Crippen LogP contribution in [0.5, 0.6) is 5.75 Å². The van der Waals surface area contributed by atoms with Gasteiger partial charge >= 0.3 is 0 Å². The number of aromatic nitrogens is 3. The Labute approximate surface area is 216 Å². The van der Waals surface area contributed by atoms with Gasteiger partial charge in [-0.3, -0.25) is 10.3 Å². The number of nitrogens with zero attached hydrogens (tertiary/aromatic N) is 3. The smallest absolute Gasteiger partial charge is 0.229 e. The Bertz CT molecular complexity index is 1390. The van der Waals surface area contributed by atoms with Gasteiger partial charge in [-0.1, -0.05) is 18.2 Å². The molecule has 4 aromatic rings. The molecule has 2 heterocycles. The number of hydrogen-bond donors (Lipinski definition) is 4. The van der Waals surface area contributed by atoms with Crippen molar-refractivity contribution in [1.29, 1.82) is 0 Å². The van der Waals surface area contributed by atoms with Gasteiger partial charge < -0.3 is 20.4 Å². The van der Waals surface area contributed by atoms with Gasteiger partial charge in [0, 0.05) is 40.7 Å². The van der Waals surface area contributed by atoms with Crippen LogP contribution in [0.25, 0.3) is 10.9 Å². The second kappa shape index (κ2) is 11.2. The Hall–Kier alpha value is -3.98. The molecule has 0 aliphatic heterocycles. The molecule has 0 atom stereocenters.